The summed E-state index contributed by atoms with van der Waals surface area (Å²) in [6.07, 6.45) is 16.4. The second-order valence-electron chi connectivity index (χ2n) is 17.4. The molecule has 0 aliphatic carbocycles. The maximum absolute atomic E-state index is 14.0. The Bertz CT molecular complexity index is 1650. The van der Waals surface area contributed by atoms with Crippen LogP contribution in [0.1, 0.15) is 185 Å². The summed E-state index contributed by atoms with van der Waals surface area (Å²) in [6, 6.07) is 18.8. The number of aliphatic hydroxyl groups is 2. The fraction of sp³-hybridized carbons (Fsp3) is 0.700. The average Bonchev–Trinajstić information content (AvgIpc) is 3.27. The Kier molecular flexibility index (Phi) is 28.4. The lowest BCUT2D eigenvalue weighted by Gasteiger charge is -2.45. The molecule has 5 atom stereocenters. The van der Waals surface area contributed by atoms with Gasteiger partial charge in [-0.2, -0.15) is 13.5 Å². The molecule has 1 saturated heterocycles. The summed E-state index contributed by atoms with van der Waals surface area (Å²) in [6.45, 7) is 1.30. The van der Waals surface area contributed by atoms with Crippen molar-refractivity contribution in [1.29, 1.82) is 0 Å². The molecule has 0 bridgehead atoms. The number of amides is 1. The number of rotatable bonds is 35. The Morgan fingerprint density at radius 2 is 1.02 bits per heavy atom. The van der Waals surface area contributed by atoms with Crippen LogP contribution in [-0.4, -0.2) is 83.3 Å². The number of unbranched alkanes of at least 4 members (excludes halogenated alkanes) is 20. The Morgan fingerprint density at radius 3 is 1.47 bits per heavy atom. The summed E-state index contributed by atoms with van der Waals surface area (Å²) in [7, 11) is -5.24. The molecule has 1 heterocycles. The number of carbonyl (C=O) groups is 3. The molecule has 14 heteroatoms. The van der Waals surface area contributed by atoms with Gasteiger partial charge < -0.3 is 24.5 Å². The van der Waals surface area contributed by atoms with Crippen molar-refractivity contribution in [3.63, 3.8) is 0 Å². The fourth-order valence-electron chi connectivity index (χ4n) is 8.29. The van der Waals surface area contributed by atoms with E-state index in [-0.39, 0.29) is 19.3 Å². The van der Waals surface area contributed by atoms with E-state index in [1.165, 1.54) is 43.2 Å². The number of aryl methyl sites for hydroxylation is 2. The Morgan fingerprint density at radius 1 is 0.594 bits per heavy atom. The van der Waals surface area contributed by atoms with Crippen molar-refractivity contribution in [3.8, 4) is 0 Å². The van der Waals surface area contributed by atoms with Crippen molar-refractivity contribution in [2.45, 2.75) is 217 Å². The van der Waals surface area contributed by atoms with Gasteiger partial charge in [-0.3, -0.25) is 14.1 Å². The maximum atomic E-state index is 14.0. The van der Waals surface area contributed by atoms with Crippen LogP contribution in [0.15, 0.2) is 60.7 Å². The minimum atomic E-state index is -5.24. The van der Waals surface area contributed by atoms with Crippen LogP contribution in [0.4, 0.5) is 0 Å². The van der Waals surface area contributed by atoms with Gasteiger partial charge in [0.25, 0.3) is 5.91 Å². The molecule has 3 rings (SSSR count). The second kappa shape index (κ2) is 33.1. The highest BCUT2D eigenvalue weighted by Gasteiger charge is 2.54. The zero-order valence-electron chi connectivity index (χ0n) is 38.5. The van der Waals surface area contributed by atoms with Crippen molar-refractivity contribution >= 4 is 28.2 Å². The van der Waals surface area contributed by atoms with E-state index >= 15 is 0 Å². The smallest absolute Gasteiger partial charge is 0.397 e. The highest BCUT2D eigenvalue weighted by Crippen LogP contribution is 2.31. The molecule has 64 heavy (non-hydrogen) atoms. The standard InChI is InChI=1S/C50H79NO12S/c1-2-3-4-5-6-7-8-9-10-17-28-37-44(53)51(62-46(55)39-30-19-14-12-16-23-32-42-35-26-21-27-36-42)47-49(48(63-64(57,58)59)43(40-52)60-50(47)56)61-45(54)38-29-18-13-11-15-22-31-41-33-24-20-25-34-41/h20-21,24-27,33-36,43,47-50,52,56H,2-19,22-23,28-32,37-40H2,1H3,(H,57,58,59)/t43-,47+,48-,49-,50+/m1/s1. The van der Waals surface area contributed by atoms with E-state index in [9.17, 15) is 37.6 Å². The monoisotopic (exact) mass is 918 g/mol. The molecule has 1 aliphatic heterocycles. The van der Waals surface area contributed by atoms with Crippen LogP contribution in [0.3, 0.4) is 0 Å². The number of carbonyl (C=O) groups excluding carboxylic acids is 3. The molecular formula is C50H79NO12S. The summed E-state index contributed by atoms with van der Waals surface area (Å²) < 4.78 is 50.2. The molecular weight excluding hydrogens is 839 g/mol. The number of esters is 1. The molecule has 362 valence electrons. The predicted molar refractivity (Wildman–Crippen MR) is 247 cm³/mol. The number of hydrogen-bond acceptors (Lipinski definition) is 11. The molecule has 13 nitrogen and oxygen atoms in total. The summed E-state index contributed by atoms with van der Waals surface area (Å²) >= 11 is 0. The van der Waals surface area contributed by atoms with Crippen LogP contribution < -0.4 is 0 Å². The molecule has 1 fully saturated rings. The summed E-state index contributed by atoms with van der Waals surface area (Å²) in [4.78, 5) is 46.5. The van der Waals surface area contributed by atoms with E-state index in [1.54, 1.807) is 0 Å². The SMILES string of the molecule is CCCCCCCCCCCCCC(=O)N(OC(=O)CCCCCCCCc1ccccc1)[C@H]1[C@@H](OC(=O)CCCCCCCCc2ccccc2)[C@H](OS(=O)(=O)O)[C@@H](CO)O[C@@H]1O. The molecule has 0 saturated carbocycles. The lowest BCUT2D eigenvalue weighted by molar-refractivity contribution is -0.305. The van der Waals surface area contributed by atoms with Gasteiger partial charge in [0.1, 0.15) is 12.2 Å². The van der Waals surface area contributed by atoms with E-state index in [2.05, 4.69) is 31.2 Å². The second-order valence-corrected chi connectivity index (χ2v) is 18.4. The fourth-order valence-corrected chi connectivity index (χ4v) is 8.80. The first kappa shape index (κ1) is 54.9. The van der Waals surface area contributed by atoms with Crippen LogP contribution in [-0.2, 0) is 56.1 Å². The van der Waals surface area contributed by atoms with Gasteiger partial charge in [-0.15, -0.1) is 0 Å². The highest BCUT2D eigenvalue weighted by atomic mass is 32.3. The number of aliphatic hydroxyl groups excluding tert-OH is 2. The molecule has 2 aromatic rings. The predicted octanol–water partition coefficient (Wildman–Crippen LogP) is 10.1. The molecule has 0 spiro atoms. The van der Waals surface area contributed by atoms with E-state index in [0.29, 0.717) is 24.3 Å². The summed E-state index contributed by atoms with van der Waals surface area (Å²) in [5, 5.41) is 22.1. The minimum absolute atomic E-state index is 0.0448. The third-order valence-corrected chi connectivity index (χ3v) is 12.4. The van der Waals surface area contributed by atoms with Crippen LogP contribution in [0.2, 0.25) is 0 Å². The minimum Gasteiger partial charge on any atom is -0.457 e. The van der Waals surface area contributed by atoms with Crippen LogP contribution in [0, 0.1) is 0 Å². The molecule has 0 unspecified atom stereocenters. The van der Waals surface area contributed by atoms with Crippen LogP contribution in [0.25, 0.3) is 0 Å². The molecule has 3 N–H and O–H groups in total. The van der Waals surface area contributed by atoms with E-state index in [4.69, 9.17) is 18.5 Å². The van der Waals surface area contributed by atoms with Gasteiger partial charge in [-0.1, -0.05) is 183 Å². The van der Waals surface area contributed by atoms with Crippen LogP contribution in [0.5, 0.6) is 0 Å². The van der Waals surface area contributed by atoms with Crippen molar-refractivity contribution in [3.05, 3.63) is 71.8 Å². The molecule has 1 amide bonds. The van der Waals surface area contributed by atoms with Crippen LogP contribution >= 0.6 is 0 Å². The summed E-state index contributed by atoms with van der Waals surface area (Å²) in [5.74, 6) is -2.27. The number of hydroxylamine groups is 2. The topological polar surface area (TPSA) is 186 Å². The summed E-state index contributed by atoms with van der Waals surface area (Å²) in [5.41, 5.74) is 2.60. The Labute approximate surface area is 383 Å². The quantitative estimate of drug-likeness (QED) is 0.0258. The lowest BCUT2D eigenvalue weighted by Crippen LogP contribution is -2.67. The van der Waals surface area contributed by atoms with Gasteiger partial charge in [0.05, 0.1) is 6.61 Å². The third kappa shape index (κ3) is 23.7. The van der Waals surface area contributed by atoms with Gasteiger partial charge in [-0.05, 0) is 56.1 Å². The number of nitrogens with zero attached hydrogens (tertiary/aromatic N) is 1. The largest absolute Gasteiger partial charge is 0.457 e. The molecule has 0 aromatic heterocycles. The van der Waals surface area contributed by atoms with Gasteiger partial charge in [-0.25, -0.2) is 8.98 Å². The van der Waals surface area contributed by atoms with E-state index < -0.39 is 65.5 Å². The Hall–Kier alpha value is -3.40. The first-order valence-corrected chi connectivity index (χ1v) is 25.8. The maximum Gasteiger partial charge on any atom is 0.397 e. The van der Waals surface area contributed by atoms with Gasteiger partial charge in [0.15, 0.2) is 18.4 Å². The number of hydrogen-bond donors (Lipinski definition) is 3. The molecule has 2 aromatic carbocycles. The molecule has 0 radical (unpaired) electrons. The van der Waals surface area contributed by atoms with E-state index in [0.717, 1.165) is 109 Å². The van der Waals surface area contributed by atoms with Crippen molar-refractivity contribution in [1.82, 2.24) is 5.06 Å². The first-order chi connectivity index (χ1) is 31.0. The van der Waals surface area contributed by atoms with Gasteiger partial charge in [0.2, 0.25) is 0 Å². The van der Waals surface area contributed by atoms with E-state index in [1.807, 2.05) is 36.4 Å². The molecule has 1 aliphatic rings. The number of benzene rings is 2. The number of ether oxygens (including phenoxy) is 2. The van der Waals surface area contributed by atoms with Gasteiger partial charge >= 0.3 is 22.3 Å². The Balaban J connectivity index is 1.64. The van der Waals surface area contributed by atoms with Gasteiger partial charge in [0, 0.05) is 19.3 Å². The normalized spacial score (nSPS) is 18.7. The lowest BCUT2D eigenvalue weighted by atomic mass is 9.96. The zero-order chi connectivity index (χ0) is 46.3. The third-order valence-electron chi connectivity index (χ3n) is 11.9. The van der Waals surface area contributed by atoms with Crippen molar-refractivity contribution < 1.29 is 56.1 Å². The van der Waals surface area contributed by atoms with Crippen molar-refractivity contribution in [2.75, 3.05) is 6.61 Å². The average molecular weight is 918 g/mol. The zero-order valence-corrected chi connectivity index (χ0v) is 39.4. The highest BCUT2D eigenvalue weighted by molar-refractivity contribution is 7.80. The first-order valence-electron chi connectivity index (χ1n) is 24.4. The van der Waals surface area contributed by atoms with Crippen molar-refractivity contribution in [2.24, 2.45) is 0 Å².